The molecule has 8 heteroatoms. The molecule has 136 valence electrons. The molecule has 1 N–H and O–H groups in total. The highest BCUT2D eigenvalue weighted by atomic mass is 19.4. The number of benzene rings is 2. The average Bonchev–Trinajstić information content (AvgIpc) is 2.55. The van der Waals surface area contributed by atoms with Gasteiger partial charge >= 0.3 is 12.1 Å². The third kappa shape index (κ3) is 3.49. The summed E-state index contributed by atoms with van der Waals surface area (Å²) in [5.41, 5.74) is -0.0779. The molecule has 1 atom stereocenters. The molecule has 1 aliphatic heterocycles. The summed E-state index contributed by atoms with van der Waals surface area (Å²) in [6, 6.07) is 8.15. The Labute approximate surface area is 145 Å². The number of halogens is 4. The minimum absolute atomic E-state index is 0.0552. The molecular weight excluding hydrogens is 356 g/mol. The molecule has 2 aromatic rings. The Hall–Kier alpha value is -3.03. The second-order valence-electron chi connectivity index (χ2n) is 5.68. The molecule has 0 aliphatic carbocycles. The largest absolute Gasteiger partial charge is 0.478 e. The van der Waals surface area contributed by atoms with E-state index >= 15 is 0 Å². The van der Waals surface area contributed by atoms with Crippen molar-refractivity contribution in [1.82, 2.24) is 0 Å². The summed E-state index contributed by atoms with van der Waals surface area (Å²) in [6.45, 7) is 1.70. The highest BCUT2D eigenvalue weighted by Crippen LogP contribution is 2.39. The molecule has 26 heavy (non-hydrogen) atoms. The number of fused-ring (bicyclic) bond motifs is 1. The molecule has 3 rings (SSSR count). The van der Waals surface area contributed by atoms with Crippen LogP contribution in [-0.4, -0.2) is 23.4 Å². The minimum Gasteiger partial charge on any atom is -0.478 e. The summed E-state index contributed by atoms with van der Waals surface area (Å²) in [5, 5.41) is 8.99. The average molecular weight is 368 g/mol. The van der Waals surface area contributed by atoms with E-state index in [0.717, 1.165) is 12.1 Å². The Balaban J connectivity index is 1.95. The van der Waals surface area contributed by atoms with Gasteiger partial charge in [-0.1, -0.05) is 6.07 Å². The lowest BCUT2D eigenvalue weighted by atomic mass is 10.0. The van der Waals surface area contributed by atoms with Crippen LogP contribution in [0, 0.1) is 12.7 Å². The number of aryl methyl sites for hydroxylation is 1. The van der Waals surface area contributed by atoms with Crippen LogP contribution in [0.25, 0.3) is 6.08 Å². The number of carbonyl (C=O) groups is 1. The van der Waals surface area contributed by atoms with E-state index in [9.17, 15) is 22.4 Å². The van der Waals surface area contributed by atoms with Gasteiger partial charge in [0.25, 0.3) is 0 Å². The van der Waals surface area contributed by atoms with Gasteiger partial charge in [-0.15, -0.1) is 0 Å². The summed E-state index contributed by atoms with van der Waals surface area (Å²) < 4.78 is 63.3. The maximum atomic E-state index is 13.9. The monoisotopic (exact) mass is 368 g/mol. The highest BCUT2D eigenvalue weighted by Gasteiger charge is 2.48. The predicted octanol–water partition coefficient (Wildman–Crippen LogP) is 4.72. The van der Waals surface area contributed by atoms with Crippen molar-refractivity contribution in [3.05, 3.63) is 58.9 Å². The minimum atomic E-state index is -4.90. The van der Waals surface area contributed by atoms with Crippen LogP contribution in [0.3, 0.4) is 0 Å². The molecular formula is C18H12F4O4. The Morgan fingerprint density at radius 1 is 1.19 bits per heavy atom. The number of rotatable bonds is 3. The second kappa shape index (κ2) is 6.36. The maximum Gasteiger partial charge on any atom is 0.430 e. The van der Waals surface area contributed by atoms with E-state index in [2.05, 4.69) is 0 Å². The summed E-state index contributed by atoms with van der Waals surface area (Å²) in [7, 11) is 0. The number of aliphatic carboxylic acids is 1. The molecule has 4 nitrogen and oxygen atoms in total. The molecule has 0 saturated heterocycles. The molecule has 1 unspecified atom stereocenters. The van der Waals surface area contributed by atoms with Gasteiger partial charge in [0.2, 0.25) is 6.10 Å². The molecule has 2 aromatic carbocycles. The molecule has 0 spiro atoms. The third-order valence-corrected chi connectivity index (χ3v) is 3.68. The van der Waals surface area contributed by atoms with Crippen molar-refractivity contribution in [2.24, 2.45) is 0 Å². The molecule has 1 aliphatic rings. The lowest BCUT2D eigenvalue weighted by Gasteiger charge is -2.27. The first-order valence-electron chi connectivity index (χ1n) is 7.41. The number of hydrogen-bond donors (Lipinski definition) is 1. The van der Waals surface area contributed by atoms with E-state index in [1.807, 2.05) is 0 Å². The fraction of sp³-hybridized carbons (Fsp3) is 0.167. The van der Waals surface area contributed by atoms with Gasteiger partial charge in [0.15, 0.2) is 11.6 Å². The van der Waals surface area contributed by atoms with Crippen LogP contribution >= 0.6 is 0 Å². The highest BCUT2D eigenvalue weighted by molar-refractivity contribution is 5.95. The van der Waals surface area contributed by atoms with Crippen LogP contribution in [-0.2, 0) is 4.79 Å². The van der Waals surface area contributed by atoms with Crippen molar-refractivity contribution in [1.29, 1.82) is 0 Å². The Morgan fingerprint density at radius 3 is 2.54 bits per heavy atom. The lowest BCUT2D eigenvalue weighted by Crippen LogP contribution is -2.40. The van der Waals surface area contributed by atoms with Crippen LogP contribution in [0.15, 0.2) is 42.0 Å². The van der Waals surface area contributed by atoms with E-state index in [1.54, 1.807) is 13.0 Å². The molecule has 0 fully saturated rings. The van der Waals surface area contributed by atoms with Crippen LogP contribution < -0.4 is 9.47 Å². The van der Waals surface area contributed by atoms with Crippen molar-refractivity contribution in [3.8, 4) is 17.2 Å². The number of ether oxygens (including phenoxy) is 2. The van der Waals surface area contributed by atoms with Crippen LogP contribution in [0.2, 0.25) is 0 Å². The zero-order chi connectivity index (χ0) is 19.1. The molecule has 0 saturated carbocycles. The first-order chi connectivity index (χ1) is 12.1. The number of carboxylic acid groups (broad SMARTS) is 1. The van der Waals surface area contributed by atoms with E-state index in [0.29, 0.717) is 5.56 Å². The van der Waals surface area contributed by atoms with Gasteiger partial charge in [0.1, 0.15) is 11.5 Å². The van der Waals surface area contributed by atoms with Gasteiger partial charge in [-0.2, -0.15) is 13.2 Å². The molecule has 1 heterocycles. The van der Waals surface area contributed by atoms with Crippen molar-refractivity contribution in [2.45, 2.75) is 19.2 Å². The van der Waals surface area contributed by atoms with Gasteiger partial charge < -0.3 is 14.6 Å². The maximum absolute atomic E-state index is 13.9. The standard InChI is InChI=1S/C18H12F4O4/c1-9-2-5-14(13(19)6-9)25-11-4-3-10-7-12(17(23)24)16(18(20,21)22)26-15(10)8-11/h2-8,16H,1H3,(H,23,24). The van der Waals surface area contributed by atoms with Crippen molar-refractivity contribution >= 4 is 12.0 Å². The SMILES string of the molecule is Cc1ccc(Oc2ccc3c(c2)OC(C(F)(F)F)C(C(=O)O)=C3)c(F)c1. The zero-order valence-electron chi connectivity index (χ0n) is 13.3. The fourth-order valence-electron chi connectivity index (χ4n) is 2.47. The van der Waals surface area contributed by atoms with E-state index in [-0.39, 0.29) is 22.8 Å². The Bertz CT molecular complexity index is 903. The van der Waals surface area contributed by atoms with Crippen molar-refractivity contribution in [3.63, 3.8) is 0 Å². The molecule has 0 aromatic heterocycles. The van der Waals surface area contributed by atoms with Crippen LogP contribution in [0.5, 0.6) is 17.2 Å². The Morgan fingerprint density at radius 2 is 1.92 bits per heavy atom. The summed E-state index contributed by atoms with van der Waals surface area (Å²) in [6.07, 6.45) is -6.60. The first-order valence-corrected chi connectivity index (χ1v) is 7.41. The molecule has 0 radical (unpaired) electrons. The summed E-state index contributed by atoms with van der Waals surface area (Å²) in [5.74, 6) is -2.59. The van der Waals surface area contributed by atoms with Gasteiger partial charge in [-0.05, 0) is 42.8 Å². The second-order valence-corrected chi connectivity index (χ2v) is 5.68. The van der Waals surface area contributed by atoms with E-state index in [4.69, 9.17) is 14.6 Å². The van der Waals surface area contributed by atoms with E-state index in [1.165, 1.54) is 24.3 Å². The van der Waals surface area contributed by atoms with Crippen molar-refractivity contribution < 1.29 is 36.9 Å². The quantitative estimate of drug-likeness (QED) is 0.797. The molecule has 0 bridgehead atoms. The van der Waals surface area contributed by atoms with Gasteiger partial charge in [0, 0.05) is 11.6 Å². The number of carboxylic acids is 1. The van der Waals surface area contributed by atoms with E-state index < -0.39 is 29.6 Å². The summed E-state index contributed by atoms with van der Waals surface area (Å²) in [4.78, 5) is 11.1. The topological polar surface area (TPSA) is 55.8 Å². The third-order valence-electron chi connectivity index (χ3n) is 3.68. The smallest absolute Gasteiger partial charge is 0.430 e. The zero-order valence-corrected chi connectivity index (χ0v) is 13.3. The van der Waals surface area contributed by atoms with Gasteiger partial charge in [-0.3, -0.25) is 0 Å². The fourth-order valence-corrected chi connectivity index (χ4v) is 2.47. The first kappa shape index (κ1) is 17.8. The molecule has 0 amide bonds. The normalized spacial score (nSPS) is 16.3. The van der Waals surface area contributed by atoms with Crippen molar-refractivity contribution in [2.75, 3.05) is 0 Å². The van der Waals surface area contributed by atoms with Gasteiger partial charge in [0.05, 0.1) is 5.57 Å². The number of alkyl halides is 3. The predicted molar refractivity (Wildman–Crippen MR) is 83.7 cm³/mol. The lowest BCUT2D eigenvalue weighted by molar-refractivity contribution is -0.187. The van der Waals surface area contributed by atoms with Crippen LogP contribution in [0.1, 0.15) is 11.1 Å². The Kier molecular flexibility index (Phi) is 4.35. The number of hydrogen-bond acceptors (Lipinski definition) is 3. The van der Waals surface area contributed by atoms with Gasteiger partial charge in [-0.25, -0.2) is 9.18 Å². The summed E-state index contributed by atoms with van der Waals surface area (Å²) >= 11 is 0. The van der Waals surface area contributed by atoms with Crippen LogP contribution in [0.4, 0.5) is 17.6 Å².